The van der Waals surface area contributed by atoms with Gasteiger partial charge in [-0.3, -0.25) is 4.99 Å². The van der Waals surface area contributed by atoms with Gasteiger partial charge in [0.25, 0.3) is 0 Å². The summed E-state index contributed by atoms with van der Waals surface area (Å²) in [6, 6.07) is 3.63. The first kappa shape index (κ1) is 19.4. The highest BCUT2D eigenvalue weighted by Crippen LogP contribution is 2.33. The van der Waals surface area contributed by atoms with Crippen molar-refractivity contribution in [3.8, 4) is 17.2 Å². The quantitative estimate of drug-likeness (QED) is 0.576. The van der Waals surface area contributed by atoms with Gasteiger partial charge in [0.1, 0.15) is 23.0 Å². The smallest absolute Gasteiger partial charge is 0.214 e. The maximum atomic E-state index is 5.56. The Morgan fingerprint density at radius 2 is 1.65 bits per heavy atom. The summed E-state index contributed by atoms with van der Waals surface area (Å²) in [5.74, 6) is 4.05. The zero-order valence-electron chi connectivity index (χ0n) is 16.1. The van der Waals surface area contributed by atoms with Crippen LogP contribution in [0.4, 0.5) is 0 Å². The highest BCUT2D eigenvalue weighted by atomic mass is 16.5. The van der Waals surface area contributed by atoms with Gasteiger partial charge in [-0.05, 0) is 13.8 Å². The van der Waals surface area contributed by atoms with Gasteiger partial charge in [0, 0.05) is 19.2 Å². The molecule has 1 aromatic carbocycles. The Bertz CT molecular complexity index is 726. The molecule has 0 aliphatic heterocycles. The molecule has 2 aromatic rings. The SMILES string of the molecule is CN=C(NCc1nc(C)c(C)o1)NCc1c(OC)cc(OC)cc1OC. The number of aromatic nitrogens is 1. The number of aryl methyl sites for hydroxylation is 2. The Morgan fingerprint density at radius 1 is 1.04 bits per heavy atom. The highest BCUT2D eigenvalue weighted by molar-refractivity contribution is 5.79. The van der Waals surface area contributed by atoms with Crippen LogP contribution in [0.1, 0.15) is 22.9 Å². The molecule has 0 fully saturated rings. The monoisotopic (exact) mass is 362 g/mol. The lowest BCUT2D eigenvalue weighted by atomic mass is 10.1. The molecule has 1 aromatic heterocycles. The maximum Gasteiger partial charge on any atom is 0.214 e. The van der Waals surface area contributed by atoms with Crippen LogP contribution < -0.4 is 24.8 Å². The molecule has 142 valence electrons. The van der Waals surface area contributed by atoms with Gasteiger partial charge in [-0.2, -0.15) is 0 Å². The third kappa shape index (κ3) is 4.59. The van der Waals surface area contributed by atoms with Gasteiger partial charge in [-0.15, -0.1) is 0 Å². The van der Waals surface area contributed by atoms with Crippen LogP contribution in [-0.4, -0.2) is 39.3 Å². The molecule has 0 saturated carbocycles. The topological polar surface area (TPSA) is 90.1 Å². The normalized spacial score (nSPS) is 11.2. The second-order valence-electron chi connectivity index (χ2n) is 5.54. The molecular weight excluding hydrogens is 336 g/mol. The molecule has 0 atom stereocenters. The van der Waals surface area contributed by atoms with Crippen molar-refractivity contribution < 1.29 is 18.6 Å². The average Bonchev–Trinajstić information content (AvgIpc) is 2.98. The number of ether oxygens (including phenoxy) is 3. The van der Waals surface area contributed by atoms with Gasteiger partial charge in [-0.25, -0.2) is 4.98 Å². The molecule has 0 radical (unpaired) electrons. The third-order valence-electron chi connectivity index (χ3n) is 3.95. The van der Waals surface area contributed by atoms with Crippen molar-refractivity contribution in [1.82, 2.24) is 15.6 Å². The van der Waals surface area contributed by atoms with Crippen LogP contribution in [0.3, 0.4) is 0 Å². The van der Waals surface area contributed by atoms with E-state index in [1.165, 1.54) is 0 Å². The van der Waals surface area contributed by atoms with E-state index >= 15 is 0 Å². The van der Waals surface area contributed by atoms with E-state index in [-0.39, 0.29) is 0 Å². The number of nitrogens with zero attached hydrogens (tertiary/aromatic N) is 2. The molecule has 1 heterocycles. The van der Waals surface area contributed by atoms with E-state index in [1.807, 2.05) is 26.0 Å². The Kier molecular flexibility index (Phi) is 6.71. The lowest BCUT2D eigenvalue weighted by molar-refractivity contribution is 0.368. The Hall–Kier alpha value is -2.90. The second kappa shape index (κ2) is 8.98. The van der Waals surface area contributed by atoms with Crippen molar-refractivity contribution in [3.63, 3.8) is 0 Å². The zero-order chi connectivity index (χ0) is 19.1. The van der Waals surface area contributed by atoms with E-state index in [2.05, 4.69) is 20.6 Å². The summed E-state index contributed by atoms with van der Waals surface area (Å²) in [7, 11) is 6.52. The molecule has 0 spiro atoms. The second-order valence-corrected chi connectivity index (χ2v) is 5.54. The van der Waals surface area contributed by atoms with Gasteiger partial charge >= 0.3 is 0 Å². The van der Waals surface area contributed by atoms with Crippen molar-refractivity contribution in [1.29, 1.82) is 0 Å². The summed E-state index contributed by atoms with van der Waals surface area (Å²) < 4.78 is 21.7. The van der Waals surface area contributed by atoms with Crippen LogP contribution in [0.5, 0.6) is 17.2 Å². The Morgan fingerprint density at radius 3 is 2.12 bits per heavy atom. The largest absolute Gasteiger partial charge is 0.496 e. The fourth-order valence-electron chi connectivity index (χ4n) is 2.42. The molecule has 0 unspecified atom stereocenters. The van der Waals surface area contributed by atoms with Crippen molar-refractivity contribution in [2.24, 2.45) is 4.99 Å². The minimum atomic E-state index is 0.436. The van der Waals surface area contributed by atoms with E-state index in [4.69, 9.17) is 18.6 Å². The van der Waals surface area contributed by atoms with E-state index in [0.29, 0.717) is 42.2 Å². The van der Waals surface area contributed by atoms with Gasteiger partial charge in [-0.1, -0.05) is 0 Å². The van der Waals surface area contributed by atoms with Crippen molar-refractivity contribution in [3.05, 3.63) is 35.0 Å². The van der Waals surface area contributed by atoms with E-state index in [9.17, 15) is 0 Å². The number of oxazole rings is 1. The fraction of sp³-hybridized carbons (Fsp3) is 0.444. The van der Waals surface area contributed by atoms with Gasteiger partial charge in [0.2, 0.25) is 5.89 Å². The Balaban J connectivity index is 2.05. The number of benzene rings is 1. The molecule has 8 nitrogen and oxygen atoms in total. The fourth-order valence-corrected chi connectivity index (χ4v) is 2.42. The standard InChI is InChI=1S/C18H26N4O4/c1-11-12(2)26-17(22-11)10-21-18(19-3)20-9-14-15(24-5)7-13(23-4)8-16(14)25-6/h7-8H,9-10H2,1-6H3,(H2,19,20,21). The number of nitrogens with one attached hydrogen (secondary N) is 2. The van der Waals surface area contributed by atoms with Gasteiger partial charge in [0.05, 0.1) is 45.7 Å². The van der Waals surface area contributed by atoms with E-state index in [1.54, 1.807) is 28.4 Å². The maximum absolute atomic E-state index is 5.56. The molecule has 26 heavy (non-hydrogen) atoms. The summed E-state index contributed by atoms with van der Waals surface area (Å²) in [5, 5.41) is 6.40. The zero-order valence-corrected chi connectivity index (χ0v) is 16.1. The third-order valence-corrected chi connectivity index (χ3v) is 3.95. The highest BCUT2D eigenvalue weighted by Gasteiger charge is 2.14. The minimum absolute atomic E-state index is 0.436. The molecular formula is C18H26N4O4. The van der Waals surface area contributed by atoms with Crippen molar-refractivity contribution in [2.75, 3.05) is 28.4 Å². The first-order chi connectivity index (χ1) is 12.5. The first-order valence-corrected chi connectivity index (χ1v) is 8.18. The number of hydrogen-bond donors (Lipinski definition) is 2. The van der Waals surface area contributed by atoms with Crippen LogP contribution in [0, 0.1) is 13.8 Å². The number of methoxy groups -OCH3 is 3. The van der Waals surface area contributed by atoms with Crippen LogP contribution >= 0.6 is 0 Å². The molecule has 0 amide bonds. The lowest BCUT2D eigenvalue weighted by Crippen LogP contribution is -2.36. The van der Waals surface area contributed by atoms with E-state index in [0.717, 1.165) is 17.0 Å². The average molecular weight is 362 g/mol. The Labute approximate surface area is 153 Å². The molecule has 2 rings (SSSR count). The molecule has 0 bridgehead atoms. The van der Waals surface area contributed by atoms with Crippen molar-refractivity contribution in [2.45, 2.75) is 26.9 Å². The molecule has 0 aliphatic rings. The number of aliphatic imine (C=N–C) groups is 1. The molecule has 2 N–H and O–H groups in total. The first-order valence-electron chi connectivity index (χ1n) is 8.18. The molecule has 8 heteroatoms. The van der Waals surface area contributed by atoms with Crippen molar-refractivity contribution >= 4 is 5.96 Å². The van der Waals surface area contributed by atoms with E-state index < -0.39 is 0 Å². The number of guanidine groups is 1. The minimum Gasteiger partial charge on any atom is -0.496 e. The lowest BCUT2D eigenvalue weighted by Gasteiger charge is -2.17. The molecule has 0 saturated heterocycles. The number of rotatable bonds is 7. The summed E-state index contributed by atoms with van der Waals surface area (Å²) >= 11 is 0. The summed E-state index contributed by atoms with van der Waals surface area (Å²) in [5.41, 5.74) is 1.75. The molecule has 0 aliphatic carbocycles. The predicted octanol–water partition coefficient (Wildman–Crippen LogP) is 2.18. The summed E-state index contributed by atoms with van der Waals surface area (Å²) in [6.45, 7) is 4.70. The van der Waals surface area contributed by atoms with Gasteiger partial charge < -0.3 is 29.3 Å². The summed E-state index contributed by atoms with van der Waals surface area (Å²) in [6.07, 6.45) is 0. The van der Waals surface area contributed by atoms with Crippen LogP contribution in [-0.2, 0) is 13.1 Å². The number of hydrogen-bond acceptors (Lipinski definition) is 6. The predicted molar refractivity (Wildman–Crippen MR) is 99.1 cm³/mol. The van der Waals surface area contributed by atoms with Crippen LogP contribution in [0.15, 0.2) is 21.5 Å². The van der Waals surface area contributed by atoms with Crippen LogP contribution in [0.2, 0.25) is 0 Å². The van der Waals surface area contributed by atoms with Crippen LogP contribution in [0.25, 0.3) is 0 Å². The van der Waals surface area contributed by atoms with Gasteiger partial charge in [0.15, 0.2) is 5.96 Å². The summed E-state index contributed by atoms with van der Waals surface area (Å²) in [4.78, 5) is 8.55.